The second-order valence-corrected chi connectivity index (χ2v) is 8.48. The van der Waals surface area contributed by atoms with Gasteiger partial charge in [0, 0.05) is 38.9 Å². The SMILES string of the molecule is O=C(CCC(=O)c1cccs1)NCCC(=O)N(CCc1ccccc1)Cc1ccccc1. The molecule has 0 saturated heterocycles. The number of ketones is 1. The number of thiophene rings is 1. The molecule has 32 heavy (non-hydrogen) atoms. The van der Waals surface area contributed by atoms with Crippen molar-refractivity contribution in [3.63, 3.8) is 0 Å². The first-order valence-corrected chi connectivity index (χ1v) is 11.7. The summed E-state index contributed by atoms with van der Waals surface area (Å²) in [4.78, 5) is 39.5. The predicted molar refractivity (Wildman–Crippen MR) is 128 cm³/mol. The third-order valence-corrected chi connectivity index (χ3v) is 6.03. The van der Waals surface area contributed by atoms with Crippen molar-refractivity contribution in [2.45, 2.75) is 32.2 Å². The average molecular weight is 449 g/mol. The van der Waals surface area contributed by atoms with E-state index in [1.165, 1.54) is 16.9 Å². The number of nitrogens with one attached hydrogen (secondary N) is 1. The number of benzene rings is 2. The van der Waals surface area contributed by atoms with Gasteiger partial charge in [0.05, 0.1) is 4.88 Å². The van der Waals surface area contributed by atoms with E-state index in [4.69, 9.17) is 0 Å². The number of carbonyl (C=O) groups is 3. The van der Waals surface area contributed by atoms with Crippen LogP contribution in [0.2, 0.25) is 0 Å². The molecule has 0 unspecified atom stereocenters. The number of hydrogen-bond donors (Lipinski definition) is 1. The van der Waals surface area contributed by atoms with Gasteiger partial charge in [0.2, 0.25) is 11.8 Å². The van der Waals surface area contributed by atoms with E-state index in [0.29, 0.717) is 18.0 Å². The molecule has 0 aliphatic rings. The first kappa shape index (κ1) is 23.4. The van der Waals surface area contributed by atoms with Crippen molar-refractivity contribution in [2.75, 3.05) is 13.1 Å². The third kappa shape index (κ3) is 7.78. The van der Waals surface area contributed by atoms with E-state index in [-0.39, 0.29) is 43.4 Å². The first-order valence-electron chi connectivity index (χ1n) is 10.8. The molecule has 0 atom stereocenters. The fourth-order valence-corrected chi connectivity index (χ4v) is 4.04. The molecule has 0 spiro atoms. The quantitative estimate of drug-likeness (QED) is 0.415. The van der Waals surface area contributed by atoms with Crippen LogP contribution < -0.4 is 5.32 Å². The maximum atomic E-state index is 12.9. The van der Waals surface area contributed by atoms with Gasteiger partial charge in [0.25, 0.3) is 0 Å². The van der Waals surface area contributed by atoms with Gasteiger partial charge >= 0.3 is 0 Å². The molecule has 3 rings (SSSR count). The molecule has 2 amide bonds. The van der Waals surface area contributed by atoms with E-state index in [1.807, 2.05) is 64.9 Å². The lowest BCUT2D eigenvalue weighted by atomic mass is 10.1. The van der Waals surface area contributed by atoms with Gasteiger partial charge in [-0.3, -0.25) is 14.4 Å². The van der Waals surface area contributed by atoms with Gasteiger partial charge in [-0.2, -0.15) is 0 Å². The Hall–Kier alpha value is -3.25. The van der Waals surface area contributed by atoms with Crippen LogP contribution >= 0.6 is 11.3 Å². The van der Waals surface area contributed by atoms with E-state index >= 15 is 0 Å². The summed E-state index contributed by atoms with van der Waals surface area (Å²) in [6.45, 7) is 1.41. The van der Waals surface area contributed by atoms with E-state index in [9.17, 15) is 14.4 Å². The van der Waals surface area contributed by atoms with Crippen LogP contribution in [0.4, 0.5) is 0 Å². The summed E-state index contributed by atoms with van der Waals surface area (Å²) in [5, 5.41) is 4.62. The Morgan fingerprint density at radius 2 is 1.47 bits per heavy atom. The second-order valence-electron chi connectivity index (χ2n) is 7.54. The summed E-state index contributed by atoms with van der Waals surface area (Å²) < 4.78 is 0. The van der Waals surface area contributed by atoms with Crippen molar-refractivity contribution in [2.24, 2.45) is 0 Å². The Morgan fingerprint density at radius 3 is 2.12 bits per heavy atom. The molecule has 0 fully saturated rings. The summed E-state index contributed by atoms with van der Waals surface area (Å²) >= 11 is 1.38. The summed E-state index contributed by atoms with van der Waals surface area (Å²) in [6, 6.07) is 23.6. The van der Waals surface area contributed by atoms with Crippen molar-refractivity contribution < 1.29 is 14.4 Å². The molecule has 166 valence electrons. The topological polar surface area (TPSA) is 66.5 Å². The molecular weight excluding hydrogens is 420 g/mol. The Labute approximate surface area is 193 Å². The minimum atomic E-state index is -0.207. The van der Waals surface area contributed by atoms with Crippen LogP contribution in [-0.4, -0.2) is 35.6 Å². The Kier molecular flexibility index (Phi) is 9.20. The molecule has 0 aliphatic heterocycles. The summed E-state index contributed by atoms with van der Waals surface area (Å²) in [6.07, 6.45) is 1.31. The molecule has 2 aromatic carbocycles. The molecule has 0 aliphatic carbocycles. The van der Waals surface area contributed by atoms with E-state index < -0.39 is 0 Å². The van der Waals surface area contributed by atoms with Crippen LogP contribution in [0.15, 0.2) is 78.2 Å². The Balaban J connectivity index is 1.46. The van der Waals surface area contributed by atoms with Gasteiger partial charge in [-0.15, -0.1) is 11.3 Å². The number of carbonyl (C=O) groups excluding carboxylic acids is 3. The van der Waals surface area contributed by atoms with Crippen LogP contribution in [0.3, 0.4) is 0 Å². The molecule has 3 aromatic rings. The normalized spacial score (nSPS) is 10.5. The average Bonchev–Trinajstić information content (AvgIpc) is 3.36. The molecule has 0 radical (unpaired) electrons. The van der Waals surface area contributed by atoms with Gasteiger partial charge in [-0.1, -0.05) is 66.7 Å². The van der Waals surface area contributed by atoms with Crippen LogP contribution in [0.25, 0.3) is 0 Å². The molecule has 1 aromatic heterocycles. The number of rotatable bonds is 12. The summed E-state index contributed by atoms with van der Waals surface area (Å²) in [7, 11) is 0. The lowest BCUT2D eigenvalue weighted by Crippen LogP contribution is -2.35. The molecule has 1 heterocycles. The standard InChI is InChI=1S/C26H28N2O3S/c29-23(24-12-7-19-32-24)13-14-25(30)27-17-15-26(31)28(20-22-10-5-2-6-11-22)18-16-21-8-3-1-4-9-21/h1-12,19H,13-18,20H2,(H,27,30). The predicted octanol–water partition coefficient (Wildman–Crippen LogP) is 4.49. The Morgan fingerprint density at radius 1 is 0.781 bits per heavy atom. The van der Waals surface area contributed by atoms with Crippen molar-refractivity contribution in [3.8, 4) is 0 Å². The van der Waals surface area contributed by atoms with Gasteiger partial charge in [0.1, 0.15) is 0 Å². The lowest BCUT2D eigenvalue weighted by molar-refractivity contribution is -0.131. The summed E-state index contributed by atoms with van der Waals surface area (Å²) in [5.41, 5.74) is 2.26. The largest absolute Gasteiger partial charge is 0.356 e. The van der Waals surface area contributed by atoms with E-state index in [0.717, 1.165) is 12.0 Å². The monoisotopic (exact) mass is 448 g/mol. The number of amides is 2. The molecule has 0 bridgehead atoms. The maximum absolute atomic E-state index is 12.9. The maximum Gasteiger partial charge on any atom is 0.224 e. The van der Waals surface area contributed by atoms with Gasteiger partial charge in [-0.25, -0.2) is 0 Å². The zero-order valence-corrected chi connectivity index (χ0v) is 18.9. The van der Waals surface area contributed by atoms with Gasteiger partial charge in [0.15, 0.2) is 5.78 Å². The Bertz CT molecular complexity index is 988. The van der Waals surface area contributed by atoms with Crippen LogP contribution in [0.5, 0.6) is 0 Å². The fraction of sp³-hybridized carbons (Fsp3) is 0.269. The van der Waals surface area contributed by atoms with Gasteiger partial charge in [-0.05, 0) is 29.0 Å². The highest BCUT2D eigenvalue weighted by Gasteiger charge is 2.15. The second kappa shape index (κ2) is 12.6. The molecule has 5 nitrogen and oxygen atoms in total. The van der Waals surface area contributed by atoms with Crippen molar-refractivity contribution in [3.05, 3.63) is 94.2 Å². The minimum absolute atomic E-state index is 0.000235. The number of nitrogens with zero attached hydrogens (tertiary/aromatic N) is 1. The van der Waals surface area contributed by atoms with Crippen LogP contribution in [-0.2, 0) is 22.6 Å². The van der Waals surface area contributed by atoms with E-state index in [2.05, 4.69) is 17.4 Å². The lowest BCUT2D eigenvalue weighted by Gasteiger charge is -2.23. The summed E-state index contributed by atoms with van der Waals surface area (Å²) in [5.74, 6) is -0.234. The minimum Gasteiger partial charge on any atom is -0.356 e. The highest BCUT2D eigenvalue weighted by molar-refractivity contribution is 7.12. The molecule has 1 N–H and O–H groups in total. The first-order chi connectivity index (χ1) is 15.6. The highest BCUT2D eigenvalue weighted by atomic mass is 32.1. The molecule has 0 saturated carbocycles. The molecule has 6 heteroatoms. The fourth-order valence-electron chi connectivity index (χ4n) is 3.35. The third-order valence-electron chi connectivity index (χ3n) is 5.12. The van der Waals surface area contributed by atoms with Crippen LogP contribution in [0, 0.1) is 0 Å². The number of hydrogen-bond acceptors (Lipinski definition) is 4. The zero-order valence-electron chi connectivity index (χ0n) is 18.0. The van der Waals surface area contributed by atoms with Crippen molar-refractivity contribution >= 4 is 28.9 Å². The number of Topliss-reactive ketones (excluding diaryl/α,β-unsaturated/α-hetero) is 1. The van der Waals surface area contributed by atoms with Gasteiger partial charge < -0.3 is 10.2 Å². The highest BCUT2D eigenvalue weighted by Crippen LogP contribution is 2.12. The van der Waals surface area contributed by atoms with Crippen LogP contribution in [0.1, 0.15) is 40.1 Å². The smallest absolute Gasteiger partial charge is 0.224 e. The van der Waals surface area contributed by atoms with E-state index in [1.54, 1.807) is 6.07 Å². The van der Waals surface area contributed by atoms with Crippen molar-refractivity contribution in [1.29, 1.82) is 0 Å². The molecular formula is C26H28N2O3S. The zero-order chi connectivity index (χ0) is 22.6. The van der Waals surface area contributed by atoms with Crippen molar-refractivity contribution in [1.82, 2.24) is 10.2 Å².